The van der Waals surface area contributed by atoms with Crippen molar-refractivity contribution < 1.29 is 4.42 Å². The quantitative estimate of drug-likeness (QED) is 0.747. The molecule has 0 spiro atoms. The van der Waals surface area contributed by atoms with E-state index in [1.54, 1.807) is 0 Å². The Hall–Kier alpha value is -0.840. The molecule has 1 aromatic rings. The van der Waals surface area contributed by atoms with Crippen molar-refractivity contribution in [1.82, 2.24) is 15.1 Å². The molecule has 1 fully saturated rings. The van der Waals surface area contributed by atoms with Gasteiger partial charge < -0.3 is 19.5 Å². The molecule has 2 heterocycles. The number of hydrogen-bond donors (Lipinski definition) is 1. The van der Waals surface area contributed by atoms with Gasteiger partial charge in [-0.25, -0.2) is 0 Å². The lowest BCUT2D eigenvalue weighted by molar-refractivity contribution is 0.173. The fraction of sp³-hybridized carbons (Fsp3) is 0.765. The average molecular weight is 293 g/mol. The monoisotopic (exact) mass is 293 g/mol. The van der Waals surface area contributed by atoms with E-state index in [2.05, 4.69) is 42.2 Å². The Balaban J connectivity index is 1.77. The summed E-state index contributed by atoms with van der Waals surface area (Å²) in [6, 6.07) is 2.12. The van der Waals surface area contributed by atoms with Gasteiger partial charge in [0.15, 0.2) is 0 Å². The molecule has 4 nitrogen and oxygen atoms in total. The van der Waals surface area contributed by atoms with Crippen LogP contribution < -0.4 is 5.32 Å². The summed E-state index contributed by atoms with van der Waals surface area (Å²) in [6.45, 7) is 8.76. The van der Waals surface area contributed by atoms with Gasteiger partial charge in [-0.15, -0.1) is 0 Å². The van der Waals surface area contributed by atoms with E-state index < -0.39 is 0 Å². The van der Waals surface area contributed by atoms with Crippen LogP contribution in [-0.4, -0.2) is 50.1 Å². The first-order valence-electron chi connectivity index (χ1n) is 8.32. The van der Waals surface area contributed by atoms with E-state index in [0.717, 1.165) is 37.7 Å². The van der Waals surface area contributed by atoms with Crippen LogP contribution in [0.15, 0.2) is 16.7 Å². The molecule has 21 heavy (non-hydrogen) atoms. The zero-order valence-corrected chi connectivity index (χ0v) is 13.9. The molecule has 0 amide bonds. The smallest absolute Gasteiger partial charge is 0.122 e. The molecule has 0 saturated carbocycles. The Morgan fingerprint density at radius 3 is 2.86 bits per heavy atom. The van der Waals surface area contributed by atoms with Crippen molar-refractivity contribution in [1.29, 1.82) is 0 Å². The van der Waals surface area contributed by atoms with Gasteiger partial charge in [0, 0.05) is 18.7 Å². The predicted octanol–water partition coefficient (Wildman–Crippen LogP) is 2.55. The molecular formula is C17H31N3O. The fourth-order valence-corrected chi connectivity index (χ4v) is 3.08. The lowest BCUT2D eigenvalue weighted by Gasteiger charge is -2.31. The Bertz CT molecular complexity index is 396. The number of hydrogen-bond acceptors (Lipinski definition) is 4. The van der Waals surface area contributed by atoms with E-state index >= 15 is 0 Å². The molecule has 0 radical (unpaired) electrons. The van der Waals surface area contributed by atoms with Crippen LogP contribution >= 0.6 is 0 Å². The van der Waals surface area contributed by atoms with Crippen LogP contribution in [-0.2, 0) is 13.1 Å². The van der Waals surface area contributed by atoms with Gasteiger partial charge in [0.25, 0.3) is 0 Å². The first-order chi connectivity index (χ1) is 10.2. The molecular weight excluding hydrogens is 262 g/mol. The summed E-state index contributed by atoms with van der Waals surface area (Å²) >= 11 is 0. The number of likely N-dealkylation sites (tertiary alicyclic amines) is 1. The van der Waals surface area contributed by atoms with Gasteiger partial charge in [-0.05, 0) is 65.0 Å². The van der Waals surface area contributed by atoms with Gasteiger partial charge in [-0.3, -0.25) is 0 Å². The van der Waals surface area contributed by atoms with Crippen LogP contribution in [0.4, 0.5) is 0 Å². The Kier molecular flexibility index (Phi) is 6.74. The molecule has 2 rings (SSSR count). The van der Waals surface area contributed by atoms with Crippen LogP contribution in [0.1, 0.15) is 37.5 Å². The maximum atomic E-state index is 5.62. The maximum Gasteiger partial charge on any atom is 0.122 e. The van der Waals surface area contributed by atoms with Gasteiger partial charge in [-0.1, -0.05) is 6.92 Å². The van der Waals surface area contributed by atoms with Gasteiger partial charge >= 0.3 is 0 Å². The summed E-state index contributed by atoms with van der Waals surface area (Å²) < 4.78 is 5.62. The van der Waals surface area contributed by atoms with Gasteiger partial charge in [0.2, 0.25) is 0 Å². The standard InChI is InChI=1S/C17H31N3O/c1-4-8-18-12-17-16(7-11-21-17)14-20(3)13-15-5-9-19(2)10-6-15/h7,11,15,18H,4-6,8-10,12-14H2,1-3H3. The summed E-state index contributed by atoms with van der Waals surface area (Å²) in [5.74, 6) is 1.94. The van der Waals surface area contributed by atoms with Crippen molar-refractivity contribution >= 4 is 0 Å². The normalized spacial score (nSPS) is 17.7. The molecule has 0 atom stereocenters. The summed E-state index contributed by atoms with van der Waals surface area (Å²) in [5.41, 5.74) is 1.33. The second kappa shape index (κ2) is 8.57. The molecule has 0 unspecified atom stereocenters. The molecule has 1 aliphatic heterocycles. The first-order valence-corrected chi connectivity index (χ1v) is 8.32. The minimum absolute atomic E-state index is 0.845. The first kappa shape index (κ1) is 16.5. The van der Waals surface area contributed by atoms with E-state index in [1.165, 1.54) is 38.0 Å². The highest BCUT2D eigenvalue weighted by Crippen LogP contribution is 2.19. The second-order valence-electron chi connectivity index (χ2n) is 6.49. The summed E-state index contributed by atoms with van der Waals surface area (Å²) in [6.07, 6.45) is 5.64. The Morgan fingerprint density at radius 2 is 2.14 bits per heavy atom. The van der Waals surface area contributed by atoms with Crippen molar-refractivity contribution in [3.8, 4) is 0 Å². The van der Waals surface area contributed by atoms with Gasteiger partial charge in [0.1, 0.15) is 5.76 Å². The topological polar surface area (TPSA) is 31.7 Å². The van der Waals surface area contributed by atoms with Crippen LogP contribution in [0.5, 0.6) is 0 Å². The SMILES string of the molecule is CCCNCc1occc1CN(C)CC1CCN(C)CC1. The lowest BCUT2D eigenvalue weighted by Crippen LogP contribution is -2.35. The van der Waals surface area contributed by atoms with Crippen molar-refractivity contribution in [2.75, 3.05) is 40.3 Å². The summed E-state index contributed by atoms with van der Waals surface area (Å²) in [7, 11) is 4.45. The van der Waals surface area contributed by atoms with E-state index in [1.807, 2.05) is 6.26 Å². The second-order valence-corrected chi connectivity index (χ2v) is 6.49. The summed E-state index contributed by atoms with van der Waals surface area (Å²) in [4.78, 5) is 4.88. The maximum absolute atomic E-state index is 5.62. The summed E-state index contributed by atoms with van der Waals surface area (Å²) in [5, 5.41) is 3.42. The molecule has 0 bridgehead atoms. The number of furan rings is 1. The van der Waals surface area contributed by atoms with E-state index in [9.17, 15) is 0 Å². The highest BCUT2D eigenvalue weighted by Gasteiger charge is 2.18. The van der Waals surface area contributed by atoms with E-state index in [4.69, 9.17) is 4.42 Å². The highest BCUT2D eigenvalue weighted by molar-refractivity contribution is 5.16. The zero-order valence-electron chi connectivity index (χ0n) is 13.9. The number of piperidine rings is 1. The molecule has 1 aromatic heterocycles. The minimum Gasteiger partial charge on any atom is -0.468 e. The number of rotatable bonds is 8. The van der Waals surface area contributed by atoms with Gasteiger partial charge in [-0.2, -0.15) is 0 Å². The zero-order chi connectivity index (χ0) is 15.1. The van der Waals surface area contributed by atoms with Gasteiger partial charge in [0.05, 0.1) is 12.8 Å². The van der Waals surface area contributed by atoms with Crippen molar-refractivity contribution in [3.63, 3.8) is 0 Å². The number of nitrogens with one attached hydrogen (secondary N) is 1. The fourth-order valence-electron chi connectivity index (χ4n) is 3.08. The third-order valence-electron chi connectivity index (χ3n) is 4.40. The van der Waals surface area contributed by atoms with Crippen LogP contribution in [0.3, 0.4) is 0 Å². The molecule has 0 aliphatic carbocycles. The molecule has 1 saturated heterocycles. The van der Waals surface area contributed by atoms with Crippen LogP contribution in [0, 0.1) is 5.92 Å². The predicted molar refractivity (Wildman–Crippen MR) is 87.3 cm³/mol. The third-order valence-corrected chi connectivity index (χ3v) is 4.40. The van der Waals surface area contributed by atoms with Crippen LogP contribution in [0.25, 0.3) is 0 Å². The molecule has 1 aliphatic rings. The van der Waals surface area contributed by atoms with Crippen molar-refractivity contribution in [2.24, 2.45) is 5.92 Å². The number of nitrogens with zero attached hydrogens (tertiary/aromatic N) is 2. The highest BCUT2D eigenvalue weighted by atomic mass is 16.3. The Labute approximate surface area is 129 Å². The Morgan fingerprint density at radius 1 is 1.38 bits per heavy atom. The van der Waals surface area contributed by atoms with E-state index in [0.29, 0.717) is 0 Å². The van der Waals surface area contributed by atoms with Crippen molar-refractivity contribution in [2.45, 2.75) is 39.3 Å². The largest absolute Gasteiger partial charge is 0.468 e. The third kappa shape index (κ3) is 5.46. The molecule has 0 aromatic carbocycles. The van der Waals surface area contributed by atoms with Crippen LogP contribution in [0.2, 0.25) is 0 Å². The van der Waals surface area contributed by atoms with E-state index in [-0.39, 0.29) is 0 Å². The molecule has 1 N–H and O–H groups in total. The van der Waals surface area contributed by atoms with Crippen molar-refractivity contribution in [3.05, 3.63) is 23.7 Å². The molecule has 120 valence electrons. The molecule has 4 heteroatoms. The lowest BCUT2D eigenvalue weighted by atomic mass is 9.96. The minimum atomic E-state index is 0.845. The average Bonchev–Trinajstić information content (AvgIpc) is 2.89.